The predicted molar refractivity (Wildman–Crippen MR) is 88.3 cm³/mol. The lowest BCUT2D eigenvalue weighted by atomic mass is 10.0. The van der Waals surface area contributed by atoms with Crippen molar-refractivity contribution < 1.29 is 21.0 Å². The van der Waals surface area contributed by atoms with Crippen molar-refractivity contribution in [2.24, 2.45) is 0 Å². The van der Waals surface area contributed by atoms with Gasteiger partial charge in [-0.25, -0.2) is 0 Å². The molecular weight excluding hydrogens is 339 g/mol. The van der Waals surface area contributed by atoms with E-state index < -0.39 is 18.3 Å². The van der Waals surface area contributed by atoms with Crippen LogP contribution in [-0.4, -0.2) is 16.2 Å². The number of nitrogens with zero attached hydrogens (tertiary/aromatic N) is 1. The van der Waals surface area contributed by atoms with Gasteiger partial charge in [-0.05, 0) is 35.2 Å². The number of alkyl halides is 3. The van der Waals surface area contributed by atoms with E-state index in [9.17, 15) is 18.3 Å². The van der Waals surface area contributed by atoms with Gasteiger partial charge < -0.3 is 9.67 Å². The van der Waals surface area contributed by atoms with Crippen LogP contribution in [0.5, 0.6) is 0 Å². The molecule has 1 N–H and O–H groups in total. The second kappa shape index (κ2) is 6.49. The Balaban J connectivity index is 2.11. The first kappa shape index (κ1) is 14.4. The van der Waals surface area contributed by atoms with E-state index in [2.05, 4.69) is 0 Å². The minimum absolute atomic E-state index is 0.00619. The third-order valence-electron chi connectivity index (χ3n) is 3.87. The Morgan fingerprint density at radius 1 is 1.12 bits per heavy atom. The van der Waals surface area contributed by atoms with E-state index >= 15 is 0 Å². The van der Waals surface area contributed by atoms with Gasteiger partial charge >= 0.3 is 6.18 Å². The van der Waals surface area contributed by atoms with E-state index in [0.717, 1.165) is 11.5 Å². The Labute approximate surface area is 144 Å². The lowest BCUT2D eigenvalue weighted by molar-refractivity contribution is -0.138. The highest BCUT2D eigenvalue weighted by atomic mass is 35.5. The first-order valence-corrected chi connectivity index (χ1v) is 7.57. The number of aromatic nitrogens is 1. The van der Waals surface area contributed by atoms with Gasteiger partial charge in [0.25, 0.3) is 0 Å². The molecule has 0 aliphatic heterocycles. The van der Waals surface area contributed by atoms with Crippen LogP contribution in [0.1, 0.15) is 19.6 Å². The fourth-order valence-electron chi connectivity index (χ4n) is 2.83. The van der Waals surface area contributed by atoms with Gasteiger partial charge in [-0.1, -0.05) is 35.9 Å². The van der Waals surface area contributed by atoms with Gasteiger partial charge in [0.15, 0.2) is 0 Å². The third kappa shape index (κ3) is 3.28. The molecule has 1 heterocycles. The molecule has 6 heteroatoms. The molecule has 0 bridgehead atoms. The van der Waals surface area contributed by atoms with Crippen LogP contribution in [0.15, 0.2) is 48.5 Å². The number of hydrogen-bond acceptors (Lipinski definition) is 1. The summed E-state index contributed by atoms with van der Waals surface area (Å²) in [5, 5.41) is 10.3. The number of rotatable bonds is 4. The topological polar surface area (TPSA) is 25.2 Å². The Morgan fingerprint density at radius 2 is 1.88 bits per heavy atom. The van der Waals surface area contributed by atoms with Gasteiger partial charge in [0.1, 0.15) is 0 Å². The highest BCUT2D eigenvalue weighted by molar-refractivity contribution is 6.30. The molecule has 0 aliphatic rings. The smallest absolute Gasteiger partial charge is 0.395 e. The molecule has 0 saturated heterocycles. The van der Waals surface area contributed by atoms with Crippen LogP contribution in [0.3, 0.4) is 0 Å². The van der Waals surface area contributed by atoms with Gasteiger partial charge in [-0.15, -0.1) is 0 Å². The van der Waals surface area contributed by atoms with Crippen LogP contribution in [-0.2, 0) is 19.1 Å². The third-order valence-corrected chi connectivity index (χ3v) is 4.11. The summed E-state index contributed by atoms with van der Waals surface area (Å²) in [6.45, 7) is -2.88. The summed E-state index contributed by atoms with van der Waals surface area (Å²) < 4.78 is 56.4. The van der Waals surface area contributed by atoms with E-state index in [1.807, 2.05) is 0 Å². The van der Waals surface area contributed by atoms with E-state index in [1.54, 1.807) is 30.3 Å². The molecule has 2 aromatic carbocycles. The zero-order chi connectivity index (χ0) is 19.1. The molecule has 0 unspecified atom stereocenters. The first-order valence-electron chi connectivity index (χ1n) is 8.20. The molecule has 3 aromatic rings. The molecule has 3 rings (SSSR count). The average Bonchev–Trinajstić information content (AvgIpc) is 2.84. The SMILES string of the molecule is [2H]C([2H])(O)Cn1c(Cc2ccc(Cl)cc2C(F)(F)F)cc2ccccc21. The van der Waals surface area contributed by atoms with E-state index in [-0.39, 0.29) is 23.6 Å². The number of aryl methyl sites for hydroxylation is 1. The largest absolute Gasteiger partial charge is 0.416 e. The van der Waals surface area contributed by atoms with E-state index in [0.29, 0.717) is 11.2 Å². The van der Waals surface area contributed by atoms with Crippen LogP contribution in [0.25, 0.3) is 10.9 Å². The Bertz CT molecular complexity index is 948. The summed E-state index contributed by atoms with van der Waals surface area (Å²) in [6, 6.07) is 12.4. The molecule has 24 heavy (non-hydrogen) atoms. The predicted octanol–water partition coefficient (Wildman–Crippen LogP) is 4.90. The van der Waals surface area contributed by atoms with Crippen LogP contribution in [0, 0.1) is 0 Å². The molecule has 0 fully saturated rings. The normalized spacial score (nSPS) is 13.9. The first-order chi connectivity index (χ1) is 12.0. The van der Waals surface area contributed by atoms with Crippen molar-refractivity contribution in [3.8, 4) is 0 Å². The molecule has 2 nitrogen and oxygen atoms in total. The fourth-order valence-corrected chi connectivity index (χ4v) is 3.01. The molecule has 126 valence electrons. The summed E-state index contributed by atoms with van der Waals surface area (Å²) >= 11 is 5.72. The average molecular weight is 356 g/mol. The van der Waals surface area contributed by atoms with E-state index in [1.165, 1.54) is 16.7 Å². The minimum Gasteiger partial charge on any atom is -0.395 e. The van der Waals surface area contributed by atoms with Crippen molar-refractivity contribution in [1.29, 1.82) is 0 Å². The van der Waals surface area contributed by atoms with Crippen LogP contribution >= 0.6 is 11.6 Å². The van der Waals surface area contributed by atoms with Crippen molar-refractivity contribution in [1.82, 2.24) is 4.57 Å². The van der Waals surface area contributed by atoms with Crippen LogP contribution < -0.4 is 0 Å². The number of benzene rings is 2. The zero-order valence-corrected chi connectivity index (χ0v) is 13.2. The second-order valence-corrected chi connectivity index (χ2v) is 5.85. The van der Waals surface area contributed by atoms with Gasteiger partial charge in [-0.2, -0.15) is 13.2 Å². The monoisotopic (exact) mass is 355 g/mol. The Hall–Kier alpha value is -1.98. The number of halogens is 4. The van der Waals surface area contributed by atoms with Gasteiger partial charge in [0, 0.05) is 29.2 Å². The zero-order valence-electron chi connectivity index (χ0n) is 14.4. The molecule has 0 spiro atoms. The van der Waals surface area contributed by atoms with Crippen molar-refractivity contribution in [3.05, 3.63) is 70.4 Å². The van der Waals surface area contributed by atoms with Crippen LogP contribution in [0.4, 0.5) is 13.2 Å². The summed E-state index contributed by atoms with van der Waals surface area (Å²) in [4.78, 5) is 0. The van der Waals surface area contributed by atoms with Crippen molar-refractivity contribution in [3.63, 3.8) is 0 Å². The standard InChI is InChI=1S/C18H15ClF3NO/c19-14-6-5-12(16(11-14)18(20,21)22)9-15-10-13-3-1-2-4-17(13)23(15)7-8-24/h1-6,10-11,24H,7-9H2/i8D2. The summed E-state index contributed by atoms with van der Waals surface area (Å²) in [7, 11) is 0. The lowest BCUT2D eigenvalue weighted by Gasteiger charge is -2.15. The molecule has 1 aromatic heterocycles. The minimum atomic E-state index is -4.55. The summed E-state index contributed by atoms with van der Waals surface area (Å²) in [5.74, 6) is 0. The van der Waals surface area contributed by atoms with Crippen molar-refractivity contribution in [2.75, 3.05) is 6.56 Å². The quantitative estimate of drug-likeness (QED) is 0.707. The maximum atomic E-state index is 13.3. The fraction of sp³-hybridized carbons (Fsp3) is 0.222. The molecular formula is C18H15ClF3NO. The van der Waals surface area contributed by atoms with Gasteiger partial charge in [0.05, 0.1) is 14.9 Å². The van der Waals surface area contributed by atoms with Gasteiger partial charge in [-0.3, -0.25) is 0 Å². The molecule has 0 aliphatic carbocycles. The maximum Gasteiger partial charge on any atom is 0.416 e. The number of aliphatic hydroxyl groups is 1. The molecule has 0 saturated carbocycles. The molecule has 0 atom stereocenters. The lowest BCUT2D eigenvalue weighted by Crippen LogP contribution is -2.12. The van der Waals surface area contributed by atoms with Crippen LogP contribution in [0.2, 0.25) is 5.02 Å². The Morgan fingerprint density at radius 3 is 2.58 bits per heavy atom. The summed E-state index contributed by atoms with van der Waals surface area (Å²) in [6.07, 6.45) is -4.63. The number of hydrogen-bond donors (Lipinski definition) is 1. The maximum absolute atomic E-state index is 13.3. The summed E-state index contributed by atoms with van der Waals surface area (Å²) in [5.41, 5.74) is 0.318. The number of fused-ring (bicyclic) bond motifs is 1. The van der Waals surface area contributed by atoms with E-state index in [4.69, 9.17) is 14.3 Å². The highest BCUT2D eigenvalue weighted by Gasteiger charge is 2.33. The molecule has 0 amide bonds. The molecule has 0 radical (unpaired) electrons. The van der Waals surface area contributed by atoms with Crippen molar-refractivity contribution >= 4 is 22.5 Å². The van der Waals surface area contributed by atoms with Crippen molar-refractivity contribution in [2.45, 2.75) is 19.1 Å². The Kier molecular flexibility index (Phi) is 3.89. The highest BCUT2D eigenvalue weighted by Crippen LogP contribution is 2.35. The number of para-hydroxylation sites is 1. The second-order valence-electron chi connectivity index (χ2n) is 5.41. The van der Waals surface area contributed by atoms with Gasteiger partial charge in [0.2, 0.25) is 0 Å².